The van der Waals surface area contributed by atoms with Crippen LogP contribution in [0.2, 0.25) is 0 Å². The van der Waals surface area contributed by atoms with Crippen LogP contribution in [0.4, 0.5) is 13.2 Å². The number of carbonyl (C=O) groups is 3. The van der Waals surface area contributed by atoms with Crippen molar-refractivity contribution in [3.63, 3.8) is 0 Å². The number of alkyl halides is 2. The summed E-state index contributed by atoms with van der Waals surface area (Å²) in [6, 6.07) is 3.86. The van der Waals surface area contributed by atoms with E-state index in [9.17, 15) is 27.6 Å². The lowest BCUT2D eigenvalue weighted by Crippen LogP contribution is -2.47. The number of imide groups is 1. The molecule has 35 heavy (non-hydrogen) atoms. The molecule has 4 aliphatic rings. The molecule has 2 saturated carbocycles. The van der Waals surface area contributed by atoms with Gasteiger partial charge in [0.15, 0.2) is 0 Å². The van der Waals surface area contributed by atoms with Gasteiger partial charge in [0.2, 0.25) is 17.7 Å². The van der Waals surface area contributed by atoms with Crippen LogP contribution in [0.15, 0.2) is 12.1 Å². The molecule has 192 valence electrons. The Kier molecular flexibility index (Phi) is 8.14. The molecule has 0 bridgehead atoms. The fourth-order valence-corrected chi connectivity index (χ4v) is 5.63. The molecule has 3 fully saturated rings. The summed E-state index contributed by atoms with van der Waals surface area (Å²) in [6.45, 7) is 0.260. The highest BCUT2D eigenvalue weighted by Gasteiger charge is 2.37. The van der Waals surface area contributed by atoms with Gasteiger partial charge in [0.25, 0.3) is 5.91 Å². The number of amides is 3. The van der Waals surface area contributed by atoms with Crippen molar-refractivity contribution in [2.45, 2.75) is 102 Å². The Morgan fingerprint density at radius 1 is 0.943 bits per heavy atom. The highest BCUT2D eigenvalue weighted by atomic mass is 19.3. The topological polar surface area (TPSA) is 87.3 Å². The van der Waals surface area contributed by atoms with Crippen LogP contribution >= 0.6 is 0 Å². The van der Waals surface area contributed by atoms with Crippen molar-refractivity contribution >= 4 is 17.7 Å². The van der Waals surface area contributed by atoms with Gasteiger partial charge in [0.05, 0.1) is 0 Å². The first-order valence-electron chi connectivity index (χ1n) is 12.8. The molecule has 0 aromatic heterocycles. The van der Waals surface area contributed by atoms with Gasteiger partial charge in [-0.3, -0.25) is 19.7 Å². The quantitative estimate of drug-likeness (QED) is 0.550. The molecule has 3 amide bonds. The molecule has 1 aromatic rings. The van der Waals surface area contributed by atoms with Crippen molar-refractivity contribution in [1.82, 2.24) is 16.0 Å². The third-order valence-corrected chi connectivity index (χ3v) is 7.64. The van der Waals surface area contributed by atoms with Crippen LogP contribution in [0.3, 0.4) is 0 Å². The van der Waals surface area contributed by atoms with E-state index in [1.807, 2.05) is 0 Å². The van der Waals surface area contributed by atoms with Gasteiger partial charge >= 0.3 is 0 Å². The zero-order valence-electron chi connectivity index (χ0n) is 19.9. The van der Waals surface area contributed by atoms with Crippen molar-refractivity contribution in [1.29, 1.82) is 0 Å². The molecule has 6 nitrogen and oxygen atoms in total. The molecule has 0 radical (unpaired) electrons. The molecule has 1 saturated heterocycles. The SMILES string of the molecule is O=C1CCCC(=O)N1.O=C1NCc2c1ccc(C[C@H]1CCCC[C@@H]1NC1CCC(F)(F)CC1)c2F. The second-order valence-electron chi connectivity index (χ2n) is 10.2. The number of fused-ring (bicyclic) bond motifs is 1. The van der Waals surface area contributed by atoms with Gasteiger partial charge in [0, 0.05) is 55.4 Å². The predicted molar refractivity (Wildman–Crippen MR) is 124 cm³/mol. The van der Waals surface area contributed by atoms with Crippen LogP contribution in [-0.4, -0.2) is 35.7 Å². The minimum Gasteiger partial charge on any atom is -0.348 e. The van der Waals surface area contributed by atoms with Crippen molar-refractivity contribution < 1.29 is 27.6 Å². The molecule has 2 atom stereocenters. The van der Waals surface area contributed by atoms with Crippen molar-refractivity contribution in [3.05, 3.63) is 34.6 Å². The number of hydrogen-bond donors (Lipinski definition) is 3. The van der Waals surface area contributed by atoms with Crippen molar-refractivity contribution in [3.8, 4) is 0 Å². The average molecular weight is 494 g/mol. The van der Waals surface area contributed by atoms with E-state index in [4.69, 9.17) is 0 Å². The summed E-state index contributed by atoms with van der Waals surface area (Å²) in [4.78, 5) is 32.4. The van der Waals surface area contributed by atoms with E-state index in [0.29, 0.717) is 61.1 Å². The van der Waals surface area contributed by atoms with E-state index in [0.717, 1.165) is 25.7 Å². The molecular formula is C26H34F3N3O3. The molecule has 2 aliphatic carbocycles. The van der Waals surface area contributed by atoms with Gasteiger partial charge in [-0.05, 0) is 56.1 Å². The third-order valence-electron chi connectivity index (χ3n) is 7.64. The molecule has 1 aromatic carbocycles. The van der Waals surface area contributed by atoms with E-state index in [1.165, 1.54) is 0 Å². The first-order chi connectivity index (χ1) is 16.7. The van der Waals surface area contributed by atoms with E-state index in [-0.39, 0.29) is 55.0 Å². The van der Waals surface area contributed by atoms with E-state index < -0.39 is 5.92 Å². The highest BCUT2D eigenvalue weighted by Crippen LogP contribution is 2.35. The minimum absolute atomic E-state index is 0.0392. The summed E-state index contributed by atoms with van der Waals surface area (Å²) in [5.41, 5.74) is 1.59. The first-order valence-corrected chi connectivity index (χ1v) is 12.8. The Labute approximate surface area is 203 Å². The molecular weight excluding hydrogens is 459 g/mol. The highest BCUT2D eigenvalue weighted by molar-refractivity contribution is 5.98. The summed E-state index contributed by atoms with van der Waals surface area (Å²) >= 11 is 0. The van der Waals surface area contributed by atoms with E-state index in [2.05, 4.69) is 16.0 Å². The van der Waals surface area contributed by atoms with Crippen molar-refractivity contribution in [2.24, 2.45) is 5.92 Å². The largest absolute Gasteiger partial charge is 0.348 e. The Morgan fingerprint density at radius 3 is 2.29 bits per heavy atom. The van der Waals surface area contributed by atoms with Gasteiger partial charge < -0.3 is 10.6 Å². The summed E-state index contributed by atoms with van der Waals surface area (Å²) in [5.74, 6) is -2.95. The second kappa shape index (κ2) is 11.1. The van der Waals surface area contributed by atoms with Gasteiger partial charge in [-0.25, -0.2) is 13.2 Å². The number of benzene rings is 1. The average Bonchev–Trinajstić information content (AvgIpc) is 3.20. The maximum absolute atomic E-state index is 14.9. The number of rotatable bonds is 4. The lowest BCUT2D eigenvalue weighted by Gasteiger charge is -2.38. The second-order valence-corrected chi connectivity index (χ2v) is 10.2. The van der Waals surface area contributed by atoms with Crippen LogP contribution in [0, 0.1) is 11.7 Å². The summed E-state index contributed by atoms with van der Waals surface area (Å²) in [6.07, 6.45) is 7.59. The number of nitrogens with one attached hydrogen (secondary N) is 3. The smallest absolute Gasteiger partial charge is 0.252 e. The predicted octanol–water partition coefficient (Wildman–Crippen LogP) is 4.15. The van der Waals surface area contributed by atoms with E-state index in [1.54, 1.807) is 12.1 Å². The first kappa shape index (κ1) is 25.7. The number of halogens is 3. The van der Waals surface area contributed by atoms with Crippen LogP contribution in [0.25, 0.3) is 0 Å². The van der Waals surface area contributed by atoms with Crippen LogP contribution in [-0.2, 0) is 22.6 Å². The van der Waals surface area contributed by atoms with E-state index >= 15 is 0 Å². The standard InChI is InChI=1S/C21H27F3N2O.C5H7NO2/c22-19-14(5-6-16-17(19)12-25-20(16)27)11-13-3-1-2-4-18(13)26-15-7-9-21(23,24)10-8-15;7-4-2-1-3-5(8)6-4/h5-6,13,15,18,26H,1-4,7-12H2,(H,25,27);1-3H2,(H,6,7,8)/t13-,18+;/m1./s1. The Hall–Kier alpha value is -2.42. The third kappa shape index (κ3) is 6.63. The minimum atomic E-state index is -2.51. The lowest BCUT2D eigenvalue weighted by molar-refractivity contribution is -0.132. The van der Waals surface area contributed by atoms with Gasteiger partial charge in [0.1, 0.15) is 5.82 Å². The lowest BCUT2D eigenvalue weighted by atomic mass is 9.79. The Morgan fingerprint density at radius 2 is 1.63 bits per heavy atom. The van der Waals surface area contributed by atoms with Crippen LogP contribution < -0.4 is 16.0 Å². The summed E-state index contributed by atoms with van der Waals surface area (Å²) in [7, 11) is 0. The Bertz CT molecular complexity index is 945. The Balaban J connectivity index is 0.000000308. The molecule has 2 aliphatic heterocycles. The summed E-state index contributed by atoms with van der Waals surface area (Å²) < 4.78 is 41.7. The van der Waals surface area contributed by atoms with Gasteiger partial charge in [-0.2, -0.15) is 0 Å². The normalized spacial score (nSPS) is 26.3. The fourth-order valence-electron chi connectivity index (χ4n) is 5.63. The van der Waals surface area contributed by atoms with Gasteiger partial charge in [-0.1, -0.05) is 18.9 Å². The molecule has 5 rings (SSSR count). The zero-order valence-corrected chi connectivity index (χ0v) is 19.9. The summed E-state index contributed by atoms with van der Waals surface area (Å²) in [5, 5.41) is 8.50. The van der Waals surface area contributed by atoms with Crippen LogP contribution in [0.5, 0.6) is 0 Å². The number of hydrogen-bond acceptors (Lipinski definition) is 4. The molecule has 0 unspecified atom stereocenters. The van der Waals surface area contributed by atoms with Crippen LogP contribution in [0.1, 0.15) is 92.1 Å². The van der Waals surface area contributed by atoms with Gasteiger partial charge in [-0.15, -0.1) is 0 Å². The molecule has 3 N–H and O–H groups in total. The fraction of sp³-hybridized carbons (Fsp3) is 0.654. The zero-order chi connectivity index (χ0) is 25.0. The number of piperidine rings is 1. The monoisotopic (exact) mass is 493 g/mol. The molecule has 0 spiro atoms. The van der Waals surface area contributed by atoms with Crippen molar-refractivity contribution in [2.75, 3.05) is 0 Å². The number of carbonyl (C=O) groups excluding carboxylic acids is 3. The molecule has 9 heteroatoms. The maximum Gasteiger partial charge on any atom is 0.252 e. The maximum atomic E-state index is 14.9. The molecule has 2 heterocycles.